The van der Waals surface area contributed by atoms with Crippen molar-refractivity contribution in [3.8, 4) is 22.8 Å². The molecule has 2 heterocycles. The summed E-state index contributed by atoms with van der Waals surface area (Å²) >= 11 is 0. The lowest BCUT2D eigenvalue weighted by Crippen LogP contribution is -2.15. The van der Waals surface area contributed by atoms with Gasteiger partial charge in [-0.1, -0.05) is 30.3 Å². The van der Waals surface area contributed by atoms with E-state index in [-0.39, 0.29) is 24.0 Å². The lowest BCUT2D eigenvalue weighted by Gasteiger charge is -2.01. The number of aromatic nitrogens is 3. The predicted molar refractivity (Wildman–Crippen MR) is 91.9 cm³/mol. The molecule has 124 valence electrons. The van der Waals surface area contributed by atoms with Gasteiger partial charge in [-0.25, -0.2) is 5.43 Å². The van der Waals surface area contributed by atoms with Crippen molar-refractivity contribution < 1.29 is 9.47 Å². The molecule has 0 atom stereocenters. The Labute approximate surface area is 142 Å². The van der Waals surface area contributed by atoms with Gasteiger partial charge < -0.3 is 9.47 Å². The minimum absolute atomic E-state index is 0.154. The van der Waals surface area contributed by atoms with E-state index < -0.39 is 0 Å². The van der Waals surface area contributed by atoms with Crippen molar-refractivity contribution >= 4 is 12.2 Å². The standard InChI is InChI=1S/C17H13N5O3/c23-16-15(12-4-2-1-3-5-12)20-22-17(19-16)21-18-9-11-6-7-13-14(8-11)25-10-24-13/h1-9H,10H2,(H2,19,21,22,23)/b18-9+. The summed E-state index contributed by atoms with van der Waals surface area (Å²) in [5.74, 6) is 1.53. The first-order valence-corrected chi connectivity index (χ1v) is 7.51. The van der Waals surface area contributed by atoms with Gasteiger partial charge in [0.15, 0.2) is 17.2 Å². The molecule has 1 aromatic heterocycles. The Morgan fingerprint density at radius 3 is 2.76 bits per heavy atom. The summed E-state index contributed by atoms with van der Waals surface area (Å²) in [6, 6.07) is 14.6. The normalized spacial score (nSPS) is 12.5. The summed E-state index contributed by atoms with van der Waals surface area (Å²) in [6.07, 6.45) is 1.58. The average molecular weight is 335 g/mol. The molecule has 8 heteroatoms. The number of hydrogen-bond acceptors (Lipinski definition) is 7. The molecule has 0 radical (unpaired) electrons. The van der Waals surface area contributed by atoms with Crippen LogP contribution in [0.1, 0.15) is 5.56 Å². The van der Waals surface area contributed by atoms with Gasteiger partial charge in [-0.2, -0.15) is 5.10 Å². The maximum Gasteiger partial charge on any atom is 0.279 e. The molecule has 0 saturated carbocycles. The quantitative estimate of drug-likeness (QED) is 0.559. The molecule has 25 heavy (non-hydrogen) atoms. The van der Waals surface area contributed by atoms with Gasteiger partial charge in [0.2, 0.25) is 12.7 Å². The first kappa shape index (κ1) is 14.9. The SMILES string of the molecule is O=c1[nH]c(N/N=C/c2ccc3c(c2)OCO3)nnc1-c1ccccc1. The monoisotopic (exact) mass is 335 g/mol. The highest BCUT2D eigenvalue weighted by Gasteiger charge is 2.12. The van der Waals surface area contributed by atoms with E-state index in [4.69, 9.17) is 9.47 Å². The topological polar surface area (TPSA) is 101 Å². The van der Waals surface area contributed by atoms with Crippen LogP contribution >= 0.6 is 0 Å². The summed E-state index contributed by atoms with van der Waals surface area (Å²) in [5, 5.41) is 11.9. The van der Waals surface area contributed by atoms with Gasteiger partial charge in [0.1, 0.15) is 0 Å². The molecule has 8 nitrogen and oxygen atoms in total. The van der Waals surface area contributed by atoms with Crippen LogP contribution in [0.15, 0.2) is 58.4 Å². The molecule has 0 amide bonds. The number of hydrazone groups is 1. The highest BCUT2D eigenvalue weighted by atomic mass is 16.7. The van der Waals surface area contributed by atoms with Crippen LogP contribution in [-0.4, -0.2) is 28.2 Å². The molecule has 0 unspecified atom stereocenters. The lowest BCUT2D eigenvalue weighted by atomic mass is 10.2. The summed E-state index contributed by atoms with van der Waals surface area (Å²) < 4.78 is 10.5. The zero-order valence-electron chi connectivity index (χ0n) is 13.0. The van der Waals surface area contributed by atoms with E-state index in [0.29, 0.717) is 17.1 Å². The smallest absolute Gasteiger partial charge is 0.279 e. The Kier molecular flexibility index (Phi) is 3.83. The van der Waals surface area contributed by atoms with Crippen LogP contribution < -0.4 is 20.5 Å². The van der Waals surface area contributed by atoms with E-state index in [1.165, 1.54) is 0 Å². The van der Waals surface area contributed by atoms with Gasteiger partial charge in [-0.05, 0) is 23.8 Å². The van der Waals surface area contributed by atoms with Crippen LogP contribution in [0.4, 0.5) is 5.95 Å². The van der Waals surface area contributed by atoms with Crippen molar-refractivity contribution in [3.63, 3.8) is 0 Å². The van der Waals surface area contributed by atoms with E-state index in [9.17, 15) is 4.79 Å². The van der Waals surface area contributed by atoms with Crippen LogP contribution in [0, 0.1) is 0 Å². The molecule has 4 rings (SSSR count). The number of aromatic amines is 1. The van der Waals surface area contributed by atoms with Crippen molar-refractivity contribution in [1.82, 2.24) is 15.2 Å². The third-order valence-electron chi connectivity index (χ3n) is 3.52. The molecule has 1 aliphatic rings. The molecular weight excluding hydrogens is 322 g/mol. The van der Waals surface area contributed by atoms with E-state index in [1.54, 1.807) is 30.5 Å². The Bertz CT molecular complexity index is 985. The average Bonchev–Trinajstić information content (AvgIpc) is 3.10. The van der Waals surface area contributed by atoms with Gasteiger partial charge in [0.05, 0.1) is 6.21 Å². The zero-order chi connectivity index (χ0) is 17.1. The summed E-state index contributed by atoms with van der Waals surface area (Å²) in [6.45, 7) is 0.221. The minimum Gasteiger partial charge on any atom is -0.454 e. The Hall–Kier alpha value is -3.68. The predicted octanol–water partition coefficient (Wildman–Crippen LogP) is 2.01. The first-order valence-electron chi connectivity index (χ1n) is 7.51. The van der Waals surface area contributed by atoms with Crippen LogP contribution in [0.5, 0.6) is 11.5 Å². The molecule has 2 aromatic carbocycles. The number of fused-ring (bicyclic) bond motifs is 1. The first-order chi connectivity index (χ1) is 12.3. The second kappa shape index (κ2) is 6.44. The van der Waals surface area contributed by atoms with Crippen molar-refractivity contribution in [2.75, 3.05) is 12.2 Å². The minimum atomic E-state index is -0.345. The zero-order valence-corrected chi connectivity index (χ0v) is 13.0. The van der Waals surface area contributed by atoms with Crippen molar-refractivity contribution in [2.24, 2.45) is 5.10 Å². The van der Waals surface area contributed by atoms with Gasteiger partial charge in [0, 0.05) is 5.56 Å². The molecular formula is C17H13N5O3. The fraction of sp³-hybridized carbons (Fsp3) is 0.0588. The van der Waals surface area contributed by atoms with Gasteiger partial charge in [-0.15, -0.1) is 10.2 Å². The van der Waals surface area contributed by atoms with Gasteiger partial charge in [0.25, 0.3) is 5.56 Å². The maximum atomic E-state index is 12.1. The fourth-order valence-electron chi connectivity index (χ4n) is 2.33. The summed E-state index contributed by atoms with van der Waals surface area (Å²) in [4.78, 5) is 14.7. The summed E-state index contributed by atoms with van der Waals surface area (Å²) in [7, 11) is 0. The highest BCUT2D eigenvalue weighted by molar-refractivity contribution is 5.81. The fourth-order valence-corrected chi connectivity index (χ4v) is 2.33. The third-order valence-corrected chi connectivity index (χ3v) is 3.52. The largest absolute Gasteiger partial charge is 0.454 e. The lowest BCUT2D eigenvalue weighted by molar-refractivity contribution is 0.174. The van der Waals surface area contributed by atoms with Crippen molar-refractivity contribution in [2.45, 2.75) is 0 Å². The van der Waals surface area contributed by atoms with E-state index in [2.05, 4.69) is 25.7 Å². The highest BCUT2D eigenvalue weighted by Crippen LogP contribution is 2.31. The van der Waals surface area contributed by atoms with Crippen LogP contribution in [-0.2, 0) is 0 Å². The number of nitrogens with zero attached hydrogens (tertiary/aromatic N) is 3. The van der Waals surface area contributed by atoms with E-state index >= 15 is 0 Å². The number of benzene rings is 2. The molecule has 0 saturated heterocycles. The molecule has 0 bridgehead atoms. The second-order valence-corrected chi connectivity index (χ2v) is 5.20. The van der Waals surface area contributed by atoms with E-state index in [1.807, 2.05) is 24.3 Å². The number of ether oxygens (including phenoxy) is 2. The maximum absolute atomic E-state index is 12.1. The number of hydrogen-bond donors (Lipinski definition) is 2. The Morgan fingerprint density at radius 1 is 1.08 bits per heavy atom. The third kappa shape index (κ3) is 3.18. The molecule has 0 spiro atoms. The van der Waals surface area contributed by atoms with Gasteiger partial charge >= 0.3 is 0 Å². The van der Waals surface area contributed by atoms with Crippen molar-refractivity contribution in [3.05, 3.63) is 64.4 Å². The van der Waals surface area contributed by atoms with Gasteiger partial charge in [-0.3, -0.25) is 9.78 Å². The second-order valence-electron chi connectivity index (χ2n) is 5.20. The van der Waals surface area contributed by atoms with Crippen LogP contribution in [0.3, 0.4) is 0 Å². The molecule has 1 aliphatic heterocycles. The van der Waals surface area contributed by atoms with Crippen molar-refractivity contribution in [1.29, 1.82) is 0 Å². The number of nitrogens with one attached hydrogen (secondary N) is 2. The molecule has 0 aliphatic carbocycles. The molecule has 3 aromatic rings. The Morgan fingerprint density at radius 2 is 1.92 bits per heavy atom. The number of H-pyrrole nitrogens is 1. The van der Waals surface area contributed by atoms with Crippen LogP contribution in [0.2, 0.25) is 0 Å². The number of anilines is 1. The molecule has 2 N–H and O–H groups in total. The number of rotatable bonds is 4. The van der Waals surface area contributed by atoms with Crippen LogP contribution in [0.25, 0.3) is 11.3 Å². The van der Waals surface area contributed by atoms with E-state index in [0.717, 1.165) is 5.56 Å². The Balaban J connectivity index is 1.48. The summed E-state index contributed by atoms with van der Waals surface area (Å²) in [5.41, 5.74) is 4.07. The molecule has 0 fully saturated rings.